The fourth-order valence-electron chi connectivity index (χ4n) is 2.17. The van der Waals surface area contributed by atoms with Crippen molar-refractivity contribution in [3.05, 3.63) is 28.8 Å². The third-order valence-corrected chi connectivity index (χ3v) is 5.01. The van der Waals surface area contributed by atoms with Crippen LogP contribution in [0.3, 0.4) is 0 Å². The van der Waals surface area contributed by atoms with Gasteiger partial charge in [-0.1, -0.05) is 17.7 Å². The third kappa shape index (κ3) is 4.45. The van der Waals surface area contributed by atoms with Crippen LogP contribution in [0.4, 0.5) is 5.69 Å². The Morgan fingerprint density at radius 2 is 2.15 bits per heavy atom. The summed E-state index contributed by atoms with van der Waals surface area (Å²) in [6.07, 6.45) is 0. The molecule has 6 heteroatoms. The molecule has 112 valence electrons. The SMILES string of the molecule is COCCNCc1ccc(N2CCS(=O)CC2)cc1Cl. The van der Waals surface area contributed by atoms with Gasteiger partial charge in [0.2, 0.25) is 0 Å². The summed E-state index contributed by atoms with van der Waals surface area (Å²) >= 11 is 6.33. The van der Waals surface area contributed by atoms with E-state index < -0.39 is 10.8 Å². The molecular formula is C14H21ClN2O2S. The normalized spacial score (nSPS) is 16.6. The lowest BCUT2D eigenvalue weighted by Gasteiger charge is -2.28. The second-order valence-corrected chi connectivity index (χ2v) is 6.88. The Morgan fingerprint density at radius 1 is 1.40 bits per heavy atom. The van der Waals surface area contributed by atoms with Gasteiger partial charge in [0.05, 0.1) is 6.61 Å². The number of nitrogens with one attached hydrogen (secondary N) is 1. The minimum atomic E-state index is -0.647. The molecule has 0 spiro atoms. The van der Waals surface area contributed by atoms with Crippen LogP contribution < -0.4 is 10.2 Å². The van der Waals surface area contributed by atoms with Gasteiger partial charge in [0.1, 0.15) is 0 Å². The molecule has 0 unspecified atom stereocenters. The van der Waals surface area contributed by atoms with E-state index >= 15 is 0 Å². The van der Waals surface area contributed by atoms with Crippen molar-refractivity contribution in [3.8, 4) is 0 Å². The van der Waals surface area contributed by atoms with E-state index in [-0.39, 0.29) is 0 Å². The van der Waals surface area contributed by atoms with Crippen molar-refractivity contribution >= 4 is 28.1 Å². The number of hydrogen-bond acceptors (Lipinski definition) is 4. The van der Waals surface area contributed by atoms with E-state index in [9.17, 15) is 4.21 Å². The Morgan fingerprint density at radius 3 is 2.80 bits per heavy atom. The number of nitrogens with zero attached hydrogens (tertiary/aromatic N) is 1. The highest BCUT2D eigenvalue weighted by Crippen LogP contribution is 2.24. The largest absolute Gasteiger partial charge is 0.383 e. The van der Waals surface area contributed by atoms with E-state index in [4.69, 9.17) is 16.3 Å². The third-order valence-electron chi connectivity index (χ3n) is 3.38. The highest BCUT2D eigenvalue weighted by atomic mass is 35.5. The van der Waals surface area contributed by atoms with E-state index in [0.717, 1.165) is 54.0 Å². The van der Waals surface area contributed by atoms with Crippen LogP contribution >= 0.6 is 11.6 Å². The lowest BCUT2D eigenvalue weighted by atomic mass is 10.2. The molecule has 0 radical (unpaired) electrons. The van der Waals surface area contributed by atoms with Crippen molar-refractivity contribution in [1.29, 1.82) is 0 Å². The zero-order valence-electron chi connectivity index (χ0n) is 11.7. The first-order valence-corrected chi connectivity index (χ1v) is 8.65. The van der Waals surface area contributed by atoms with Gasteiger partial charge < -0.3 is 15.0 Å². The molecule has 1 aromatic carbocycles. The molecule has 0 amide bonds. The van der Waals surface area contributed by atoms with E-state index in [0.29, 0.717) is 6.61 Å². The van der Waals surface area contributed by atoms with Crippen LogP contribution in [-0.4, -0.2) is 49.1 Å². The number of methoxy groups -OCH3 is 1. The van der Waals surface area contributed by atoms with Crippen LogP contribution in [0.25, 0.3) is 0 Å². The number of ether oxygens (including phenoxy) is 1. The minimum absolute atomic E-state index is 0.647. The van der Waals surface area contributed by atoms with E-state index in [2.05, 4.69) is 22.3 Å². The van der Waals surface area contributed by atoms with Crippen molar-refractivity contribution in [2.75, 3.05) is 49.8 Å². The van der Waals surface area contributed by atoms with Crippen molar-refractivity contribution in [2.24, 2.45) is 0 Å². The van der Waals surface area contributed by atoms with Crippen molar-refractivity contribution < 1.29 is 8.95 Å². The summed E-state index contributed by atoms with van der Waals surface area (Å²) in [5, 5.41) is 4.06. The lowest BCUT2D eigenvalue weighted by Crippen LogP contribution is -2.37. The second-order valence-electron chi connectivity index (χ2n) is 4.78. The second kappa shape index (κ2) is 7.98. The predicted octanol–water partition coefficient (Wildman–Crippen LogP) is 1.64. The van der Waals surface area contributed by atoms with Crippen molar-refractivity contribution in [1.82, 2.24) is 5.32 Å². The molecule has 0 bridgehead atoms. The Balaban J connectivity index is 1.93. The number of anilines is 1. The molecule has 1 aliphatic heterocycles. The minimum Gasteiger partial charge on any atom is -0.383 e. The molecule has 1 aliphatic rings. The first kappa shape index (κ1) is 15.8. The fraction of sp³-hybridized carbons (Fsp3) is 0.571. The van der Waals surface area contributed by atoms with E-state index in [1.165, 1.54) is 0 Å². The molecule has 2 rings (SSSR count). The molecule has 1 saturated heterocycles. The van der Waals surface area contributed by atoms with Gasteiger partial charge in [0.25, 0.3) is 0 Å². The van der Waals surface area contributed by atoms with Crippen molar-refractivity contribution in [2.45, 2.75) is 6.54 Å². The monoisotopic (exact) mass is 316 g/mol. The summed E-state index contributed by atoms with van der Waals surface area (Å²) in [6, 6.07) is 6.15. The lowest BCUT2D eigenvalue weighted by molar-refractivity contribution is 0.199. The zero-order chi connectivity index (χ0) is 14.4. The molecule has 0 atom stereocenters. The summed E-state index contributed by atoms with van der Waals surface area (Å²) in [4.78, 5) is 2.25. The van der Waals surface area contributed by atoms with Crippen LogP contribution in [0.5, 0.6) is 0 Å². The molecule has 4 nitrogen and oxygen atoms in total. The maximum Gasteiger partial charge on any atom is 0.0587 e. The highest BCUT2D eigenvalue weighted by Gasteiger charge is 2.16. The smallest absolute Gasteiger partial charge is 0.0587 e. The Hall–Kier alpha value is -0.620. The summed E-state index contributed by atoms with van der Waals surface area (Å²) < 4.78 is 16.4. The number of rotatable bonds is 6. The fourth-order valence-corrected chi connectivity index (χ4v) is 3.46. The molecule has 0 aliphatic carbocycles. The van der Waals surface area contributed by atoms with Crippen molar-refractivity contribution in [3.63, 3.8) is 0 Å². The molecule has 1 heterocycles. The van der Waals surface area contributed by atoms with Crippen LogP contribution in [0.2, 0.25) is 5.02 Å². The number of benzene rings is 1. The average Bonchev–Trinajstić information content (AvgIpc) is 2.46. The predicted molar refractivity (Wildman–Crippen MR) is 85.1 cm³/mol. The topological polar surface area (TPSA) is 41.6 Å². The maximum absolute atomic E-state index is 11.4. The Labute approximate surface area is 127 Å². The van der Waals surface area contributed by atoms with Gasteiger partial charge in [-0.25, -0.2) is 0 Å². The molecule has 1 fully saturated rings. The van der Waals surface area contributed by atoms with Gasteiger partial charge >= 0.3 is 0 Å². The molecule has 0 saturated carbocycles. The first-order chi connectivity index (χ1) is 9.70. The van der Waals surface area contributed by atoms with E-state index in [1.807, 2.05) is 6.07 Å². The molecule has 20 heavy (non-hydrogen) atoms. The summed E-state index contributed by atoms with van der Waals surface area (Å²) in [7, 11) is 1.04. The van der Waals surface area contributed by atoms with Gasteiger partial charge in [0.15, 0.2) is 0 Å². The Bertz CT molecular complexity index is 460. The highest BCUT2D eigenvalue weighted by molar-refractivity contribution is 7.85. The average molecular weight is 317 g/mol. The number of halogens is 1. The van der Waals surface area contributed by atoms with Gasteiger partial charge in [-0.3, -0.25) is 4.21 Å². The van der Waals surface area contributed by atoms with Crippen LogP contribution in [0, 0.1) is 0 Å². The molecular weight excluding hydrogens is 296 g/mol. The molecule has 0 aromatic heterocycles. The zero-order valence-corrected chi connectivity index (χ0v) is 13.3. The maximum atomic E-state index is 11.4. The van der Waals surface area contributed by atoms with Crippen LogP contribution in [-0.2, 0) is 22.1 Å². The van der Waals surface area contributed by atoms with E-state index in [1.54, 1.807) is 7.11 Å². The molecule has 1 N–H and O–H groups in total. The van der Waals surface area contributed by atoms with Gasteiger partial charge in [0, 0.05) is 66.3 Å². The van der Waals surface area contributed by atoms with Crippen LogP contribution in [0.15, 0.2) is 18.2 Å². The molecule has 1 aromatic rings. The van der Waals surface area contributed by atoms with Gasteiger partial charge in [-0.2, -0.15) is 0 Å². The number of hydrogen-bond donors (Lipinski definition) is 1. The summed E-state index contributed by atoms with van der Waals surface area (Å²) in [6.45, 7) is 3.93. The Kier molecular flexibility index (Phi) is 6.29. The first-order valence-electron chi connectivity index (χ1n) is 6.78. The quantitative estimate of drug-likeness (QED) is 0.810. The van der Waals surface area contributed by atoms with Gasteiger partial charge in [-0.15, -0.1) is 0 Å². The summed E-state index contributed by atoms with van der Waals surface area (Å²) in [5.74, 6) is 1.50. The van der Waals surface area contributed by atoms with Gasteiger partial charge in [-0.05, 0) is 17.7 Å². The standard InChI is InChI=1S/C14H21ClN2O2S/c1-19-7-4-16-11-12-2-3-13(10-14(12)15)17-5-8-20(18)9-6-17/h2-3,10,16H,4-9,11H2,1H3. The summed E-state index contributed by atoms with van der Waals surface area (Å²) in [5.41, 5.74) is 2.21. The van der Waals surface area contributed by atoms with Crippen LogP contribution in [0.1, 0.15) is 5.56 Å².